The van der Waals surface area contributed by atoms with Gasteiger partial charge in [-0.3, -0.25) is 29.5 Å². The molecule has 1 unspecified atom stereocenters. The summed E-state index contributed by atoms with van der Waals surface area (Å²) in [6, 6.07) is 31.0. The van der Waals surface area contributed by atoms with Crippen LogP contribution in [-0.2, 0) is 16.1 Å². The zero-order valence-corrected chi connectivity index (χ0v) is 30.1. The Labute approximate surface area is 310 Å². The van der Waals surface area contributed by atoms with E-state index in [0.717, 1.165) is 73.7 Å². The summed E-state index contributed by atoms with van der Waals surface area (Å²) < 4.78 is 12.3. The van der Waals surface area contributed by atoms with Crippen molar-refractivity contribution < 1.29 is 29.0 Å². The number of allylic oxidation sites excluding steroid dienone is 1. The first kappa shape index (κ1) is 35.9. The van der Waals surface area contributed by atoms with Crippen LogP contribution in [0.1, 0.15) is 58.8 Å². The number of amides is 3. The molecule has 4 aromatic carbocycles. The van der Waals surface area contributed by atoms with Crippen molar-refractivity contribution in [3.8, 4) is 17.2 Å². The average molecular weight is 715 g/mol. The van der Waals surface area contributed by atoms with E-state index in [1.807, 2.05) is 42.5 Å². The van der Waals surface area contributed by atoms with Crippen LogP contribution in [0.3, 0.4) is 0 Å². The molecular weight excluding hydrogens is 668 g/mol. The number of phenols is 1. The van der Waals surface area contributed by atoms with Crippen LogP contribution in [0.4, 0.5) is 0 Å². The standard InChI is InChI=1S/C43H46N4O6/c1-2-37(30-6-4-3-5-7-30)41(31-8-12-34(48)13-9-31)32-10-14-35(15-11-32)52-26-24-45-20-22-46(23-21-45)25-27-53-36-16-17-38-33(28-36)29-47(43(38)51)39-18-19-40(49)44-42(39)50/h3-17,28,39,48H,2,18-27,29H2,1H3,(H,44,49,50). The van der Waals surface area contributed by atoms with Crippen molar-refractivity contribution in [1.82, 2.24) is 20.0 Å². The largest absolute Gasteiger partial charge is 0.508 e. The number of carbonyl (C=O) groups excluding carboxylic acids is 3. The summed E-state index contributed by atoms with van der Waals surface area (Å²) in [5.74, 6) is 0.921. The van der Waals surface area contributed by atoms with Crippen molar-refractivity contribution in [3.05, 3.63) is 125 Å². The Bertz CT molecular complexity index is 1950. The van der Waals surface area contributed by atoms with Gasteiger partial charge in [0.2, 0.25) is 11.8 Å². The van der Waals surface area contributed by atoms with Gasteiger partial charge in [-0.25, -0.2) is 0 Å². The number of phenolic OH excluding ortho intramolecular Hbond substituents is 1. The summed E-state index contributed by atoms with van der Waals surface area (Å²) >= 11 is 0. The fraction of sp³-hybridized carbons (Fsp3) is 0.326. The third kappa shape index (κ3) is 8.45. The first-order valence-electron chi connectivity index (χ1n) is 18.5. The first-order chi connectivity index (χ1) is 25.9. The van der Waals surface area contributed by atoms with Crippen LogP contribution >= 0.6 is 0 Å². The molecule has 7 rings (SSSR count). The minimum Gasteiger partial charge on any atom is -0.508 e. The second-order valence-electron chi connectivity index (χ2n) is 13.7. The average Bonchev–Trinajstić information content (AvgIpc) is 3.50. The molecule has 0 aliphatic carbocycles. The van der Waals surface area contributed by atoms with Crippen LogP contribution in [0.15, 0.2) is 97.1 Å². The lowest BCUT2D eigenvalue weighted by Gasteiger charge is -2.34. The molecule has 10 heteroatoms. The van der Waals surface area contributed by atoms with Crippen LogP contribution in [0.5, 0.6) is 17.2 Å². The van der Waals surface area contributed by atoms with Crippen LogP contribution in [0.25, 0.3) is 11.1 Å². The summed E-state index contributed by atoms with van der Waals surface area (Å²) in [6.07, 6.45) is 1.45. The van der Waals surface area contributed by atoms with E-state index in [2.05, 4.69) is 58.4 Å². The number of hydrogen-bond donors (Lipinski definition) is 2. The van der Waals surface area contributed by atoms with Gasteiger partial charge in [0.25, 0.3) is 5.91 Å². The Hall–Kier alpha value is -5.45. The second kappa shape index (κ2) is 16.5. The van der Waals surface area contributed by atoms with Crippen molar-refractivity contribution >= 4 is 28.9 Å². The zero-order chi connectivity index (χ0) is 36.7. The highest BCUT2D eigenvalue weighted by atomic mass is 16.5. The molecule has 274 valence electrons. The number of ether oxygens (including phenoxy) is 2. The minimum absolute atomic E-state index is 0.180. The van der Waals surface area contributed by atoms with Gasteiger partial charge in [0.05, 0.1) is 0 Å². The molecule has 0 radical (unpaired) electrons. The first-order valence-corrected chi connectivity index (χ1v) is 18.5. The van der Waals surface area contributed by atoms with Gasteiger partial charge in [-0.2, -0.15) is 0 Å². The smallest absolute Gasteiger partial charge is 0.255 e. The van der Waals surface area contributed by atoms with E-state index in [9.17, 15) is 19.5 Å². The fourth-order valence-corrected chi connectivity index (χ4v) is 7.49. The molecule has 0 spiro atoms. The Kier molecular flexibility index (Phi) is 11.2. The molecule has 2 N–H and O–H groups in total. The monoisotopic (exact) mass is 714 g/mol. The highest BCUT2D eigenvalue weighted by Crippen LogP contribution is 2.36. The van der Waals surface area contributed by atoms with E-state index in [0.29, 0.717) is 37.5 Å². The van der Waals surface area contributed by atoms with Crippen LogP contribution < -0.4 is 14.8 Å². The molecule has 4 aromatic rings. The van der Waals surface area contributed by atoms with E-state index < -0.39 is 11.9 Å². The lowest BCUT2D eigenvalue weighted by Crippen LogP contribution is -2.52. The van der Waals surface area contributed by atoms with E-state index in [1.165, 1.54) is 11.1 Å². The highest BCUT2D eigenvalue weighted by molar-refractivity contribution is 6.05. The van der Waals surface area contributed by atoms with Crippen molar-refractivity contribution in [2.45, 2.75) is 38.8 Å². The highest BCUT2D eigenvalue weighted by Gasteiger charge is 2.39. The van der Waals surface area contributed by atoms with Gasteiger partial charge in [0.1, 0.15) is 36.5 Å². The Morgan fingerprint density at radius 1 is 0.755 bits per heavy atom. The van der Waals surface area contributed by atoms with E-state index >= 15 is 0 Å². The van der Waals surface area contributed by atoms with Gasteiger partial charge in [-0.05, 0) is 88.7 Å². The quantitative estimate of drug-likeness (QED) is 0.136. The Morgan fingerprint density at radius 2 is 1.36 bits per heavy atom. The molecular formula is C43H46N4O6. The number of piperazine rings is 1. The molecule has 1 atom stereocenters. The second-order valence-corrected chi connectivity index (χ2v) is 13.7. The number of aromatic hydroxyl groups is 1. The number of imide groups is 1. The number of carbonyl (C=O) groups is 3. The molecule has 3 aliphatic heterocycles. The van der Waals surface area contributed by atoms with Crippen LogP contribution in [-0.4, -0.2) is 96.1 Å². The summed E-state index contributed by atoms with van der Waals surface area (Å²) in [7, 11) is 0. The molecule has 2 saturated heterocycles. The number of piperidine rings is 1. The lowest BCUT2D eigenvalue weighted by molar-refractivity contribution is -0.136. The predicted molar refractivity (Wildman–Crippen MR) is 204 cm³/mol. The molecule has 3 heterocycles. The summed E-state index contributed by atoms with van der Waals surface area (Å²) in [5.41, 5.74) is 7.17. The van der Waals surface area contributed by atoms with E-state index in [1.54, 1.807) is 23.1 Å². The fourth-order valence-electron chi connectivity index (χ4n) is 7.49. The molecule has 2 fully saturated rings. The summed E-state index contributed by atoms with van der Waals surface area (Å²) in [5, 5.41) is 12.3. The summed E-state index contributed by atoms with van der Waals surface area (Å²) in [4.78, 5) is 43.2. The zero-order valence-electron chi connectivity index (χ0n) is 30.1. The number of rotatable bonds is 13. The van der Waals surface area contributed by atoms with Gasteiger partial charge in [-0.15, -0.1) is 0 Å². The van der Waals surface area contributed by atoms with Gasteiger partial charge >= 0.3 is 0 Å². The molecule has 0 bridgehead atoms. The maximum Gasteiger partial charge on any atom is 0.255 e. The van der Waals surface area contributed by atoms with Crippen molar-refractivity contribution in [2.24, 2.45) is 0 Å². The lowest BCUT2D eigenvalue weighted by atomic mass is 9.88. The van der Waals surface area contributed by atoms with Crippen molar-refractivity contribution in [1.29, 1.82) is 0 Å². The van der Waals surface area contributed by atoms with E-state index in [-0.39, 0.29) is 24.0 Å². The van der Waals surface area contributed by atoms with Crippen molar-refractivity contribution in [2.75, 3.05) is 52.5 Å². The number of fused-ring (bicyclic) bond motifs is 1. The third-order valence-electron chi connectivity index (χ3n) is 10.4. The Balaban J connectivity index is 0.858. The Morgan fingerprint density at radius 3 is 1.98 bits per heavy atom. The topological polar surface area (TPSA) is 112 Å². The molecule has 3 amide bonds. The molecule has 0 saturated carbocycles. The maximum absolute atomic E-state index is 13.0. The predicted octanol–water partition coefficient (Wildman–Crippen LogP) is 5.60. The molecule has 53 heavy (non-hydrogen) atoms. The van der Waals surface area contributed by atoms with E-state index in [4.69, 9.17) is 9.47 Å². The van der Waals surface area contributed by atoms with Gasteiger partial charge < -0.3 is 19.5 Å². The molecule has 0 aromatic heterocycles. The number of hydrogen-bond acceptors (Lipinski definition) is 8. The number of benzene rings is 4. The van der Waals surface area contributed by atoms with Crippen LogP contribution in [0, 0.1) is 0 Å². The maximum atomic E-state index is 13.0. The van der Waals surface area contributed by atoms with Crippen LogP contribution in [0.2, 0.25) is 0 Å². The summed E-state index contributed by atoms with van der Waals surface area (Å²) in [6.45, 7) is 9.13. The minimum atomic E-state index is -0.622. The SMILES string of the molecule is CCC(=C(c1ccc(O)cc1)c1ccc(OCCN2CCN(CCOc3ccc4c(c3)CN(C3CCC(=O)NC3=O)C4=O)CC2)cc1)c1ccccc1. The number of nitrogens with one attached hydrogen (secondary N) is 1. The molecule has 10 nitrogen and oxygen atoms in total. The van der Waals surface area contributed by atoms with Gasteiger partial charge in [0, 0.05) is 57.8 Å². The number of nitrogens with zero attached hydrogens (tertiary/aromatic N) is 3. The van der Waals surface area contributed by atoms with Gasteiger partial charge in [-0.1, -0.05) is 61.5 Å². The third-order valence-corrected chi connectivity index (χ3v) is 10.4. The van der Waals surface area contributed by atoms with Gasteiger partial charge in [0.15, 0.2) is 0 Å². The van der Waals surface area contributed by atoms with Crippen molar-refractivity contribution in [3.63, 3.8) is 0 Å². The normalized spacial score (nSPS) is 18.4. The molecule has 3 aliphatic rings.